The summed E-state index contributed by atoms with van der Waals surface area (Å²) < 4.78 is 1.00. The molecule has 0 radical (unpaired) electrons. The number of carbonyl (C=O) groups excluding carboxylic acids is 1. The molecule has 8 heteroatoms. The number of diazo groups is 1. The van der Waals surface area contributed by atoms with Gasteiger partial charge in [0.15, 0.2) is 0 Å². The number of hydrogen-bond donors (Lipinski definition) is 1. The van der Waals surface area contributed by atoms with Crippen LogP contribution in [0.5, 0.6) is 0 Å². The van der Waals surface area contributed by atoms with Gasteiger partial charge < -0.3 is 9.90 Å². The maximum Gasteiger partial charge on any atom is 0.513 e. The van der Waals surface area contributed by atoms with Crippen LogP contribution < -0.4 is 5.11 Å². The van der Waals surface area contributed by atoms with Gasteiger partial charge in [0, 0.05) is 20.7 Å². The Labute approximate surface area is 104 Å². The molecule has 0 aliphatic carbocycles. The second kappa shape index (κ2) is 5.36. The maximum absolute atomic E-state index is 8.89. The highest BCUT2D eigenvalue weighted by atomic mass is 127. The fourth-order valence-corrected chi connectivity index (χ4v) is 1.48. The number of nitrogens with zero attached hydrogens (tertiary/aromatic N) is 4. The van der Waals surface area contributed by atoms with E-state index in [4.69, 9.17) is 15.3 Å². The number of rotatable bonds is 0. The van der Waals surface area contributed by atoms with Gasteiger partial charge >= 0.3 is 5.82 Å². The highest BCUT2D eigenvalue weighted by Crippen LogP contribution is 2.23. The molecule has 0 spiro atoms. The molecule has 0 bridgehead atoms. The number of nitrogens with one attached hydrogen (secondary N) is 1. The number of H-pyrrole nitrogens is 1. The van der Waals surface area contributed by atoms with Gasteiger partial charge in [-0.1, -0.05) is 0 Å². The molecule has 1 N–H and O–H groups in total. The smallest absolute Gasteiger partial charge is 0.513 e. The quantitative estimate of drug-likeness (QED) is 0.567. The van der Waals surface area contributed by atoms with Crippen molar-refractivity contribution in [2.45, 2.75) is 6.92 Å². The molecule has 0 fully saturated rings. The van der Waals surface area contributed by atoms with E-state index < -0.39 is 5.97 Å². The molecule has 2 aromatic rings. The number of carboxylic acids is 1. The lowest BCUT2D eigenvalue weighted by Crippen LogP contribution is -2.16. The molecule has 2 aromatic heterocycles. The molecule has 2 heterocycles. The van der Waals surface area contributed by atoms with Crippen LogP contribution in [0.25, 0.3) is 16.0 Å². The number of halogens is 1. The molecule has 0 aromatic carbocycles. The molecule has 82 valence electrons. The van der Waals surface area contributed by atoms with E-state index in [1.54, 1.807) is 6.20 Å². The molecular formula is C8H6IN5O2. The van der Waals surface area contributed by atoms with Crippen LogP contribution in [0.2, 0.25) is 0 Å². The number of aromatic nitrogens is 3. The van der Waals surface area contributed by atoms with E-state index >= 15 is 0 Å². The molecule has 0 saturated carbocycles. The molecule has 0 aliphatic rings. The molecule has 7 nitrogen and oxygen atoms in total. The van der Waals surface area contributed by atoms with E-state index in [1.165, 1.54) is 0 Å². The number of pyridine rings is 1. The second-order valence-electron chi connectivity index (χ2n) is 2.66. The van der Waals surface area contributed by atoms with E-state index in [1.807, 2.05) is 6.07 Å². The number of hydrogen-bond acceptors (Lipinski definition) is 5. The summed E-state index contributed by atoms with van der Waals surface area (Å²) in [6.07, 6.45) is 1.65. The normalized spacial score (nSPS) is 9.06. The zero-order chi connectivity index (χ0) is 12.1. The Morgan fingerprint density at radius 2 is 2.31 bits per heavy atom. The summed E-state index contributed by atoms with van der Waals surface area (Å²) >= 11 is 2.15. The van der Waals surface area contributed by atoms with Crippen LogP contribution in [-0.2, 0) is 4.79 Å². The van der Waals surface area contributed by atoms with Crippen molar-refractivity contribution in [1.82, 2.24) is 15.2 Å². The molecule has 0 amide bonds. The van der Waals surface area contributed by atoms with Gasteiger partial charge in [0.25, 0.3) is 0 Å². The minimum absolute atomic E-state index is 0.225. The van der Waals surface area contributed by atoms with Crippen LogP contribution in [0, 0.1) is 8.96 Å². The van der Waals surface area contributed by atoms with Gasteiger partial charge in [0.2, 0.25) is 5.52 Å². The van der Waals surface area contributed by atoms with Crippen molar-refractivity contribution in [3.05, 3.63) is 20.8 Å². The third kappa shape index (κ3) is 2.86. The van der Waals surface area contributed by atoms with Crippen LogP contribution in [0.4, 0.5) is 5.82 Å². The Morgan fingerprint density at radius 1 is 1.69 bits per heavy atom. The van der Waals surface area contributed by atoms with Gasteiger partial charge in [-0.15, -0.1) is 0 Å². The number of carboxylic acid groups (broad SMARTS) is 1. The van der Waals surface area contributed by atoms with Crippen LogP contribution in [0.3, 0.4) is 0 Å². The Morgan fingerprint density at radius 3 is 2.88 bits per heavy atom. The van der Waals surface area contributed by atoms with Gasteiger partial charge in [-0.25, -0.2) is 4.98 Å². The third-order valence-electron chi connectivity index (χ3n) is 1.48. The van der Waals surface area contributed by atoms with Crippen LogP contribution in [0.1, 0.15) is 6.92 Å². The third-order valence-corrected chi connectivity index (χ3v) is 2.38. The first kappa shape index (κ1) is 12.3. The summed E-state index contributed by atoms with van der Waals surface area (Å²) in [4.78, 5) is 15.9. The Balaban J connectivity index is 0.000000280. The van der Waals surface area contributed by atoms with Gasteiger partial charge in [0.1, 0.15) is 5.52 Å². The first-order chi connectivity index (χ1) is 7.56. The fraction of sp³-hybridized carbons (Fsp3) is 0.125. The summed E-state index contributed by atoms with van der Waals surface area (Å²) in [6, 6.07) is 1.85. The summed E-state index contributed by atoms with van der Waals surface area (Å²) in [5.41, 5.74) is 1.38. The lowest BCUT2D eigenvalue weighted by Gasteiger charge is -1.86. The SMILES string of the molecule is CC(=O)[O-].N#[N+]c1n[nH]c2c(I)ccnc12. The lowest BCUT2D eigenvalue weighted by molar-refractivity contribution is -0.302. The zero-order valence-corrected chi connectivity index (χ0v) is 10.3. The van der Waals surface area contributed by atoms with Crippen molar-refractivity contribution >= 4 is 45.4 Å². The van der Waals surface area contributed by atoms with Gasteiger partial charge in [-0.2, -0.15) is 5.10 Å². The van der Waals surface area contributed by atoms with Crippen molar-refractivity contribution in [3.8, 4) is 0 Å². The average Bonchev–Trinajstić information content (AvgIpc) is 2.61. The molecule has 0 aliphatic heterocycles. The van der Waals surface area contributed by atoms with E-state index in [0.29, 0.717) is 5.52 Å². The van der Waals surface area contributed by atoms with Gasteiger partial charge in [0.05, 0.1) is 10.5 Å². The van der Waals surface area contributed by atoms with Crippen molar-refractivity contribution in [2.75, 3.05) is 0 Å². The Kier molecular flexibility index (Phi) is 4.12. The minimum Gasteiger partial charge on any atom is -0.550 e. The van der Waals surface area contributed by atoms with E-state index in [2.05, 4.69) is 42.7 Å². The average molecular weight is 331 g/mol. The zero-order valence-electron chi connectivity index (χ0n) is 8.14. The van der Waals surface area contributed by atoms with Crippen molar-refractivity contribution < 1.29 is 9.90 Å². The second-order valence-corrected chi connectivity index (χ2v) is 3.82. The van der Waals surface area contributed by atoms with Crippen molar-refractivity contribution in [1.29, 1.82) is 5.39 Å². The standard InChI is InChI=1S/C6H3IN5.C2H4O2/c7-3-1-2-9-5-4(3)11-12-6(5)10-8;1-2(3)4/h1-2H,(H,11,12);1H3,(H,3,4)/q+1;/p-1. The van der Waals surface area contributed by atoms with E-state index in [9.17, 15) is 0 Å². The Hall–Kier alpha value is -1.76. The molecular weight excluding hydrogens is 325 g/mol. The predicted molar refractivity (Wildman–Crippen MR) is 62.0 cm³/mol. The first-order valence-electron chi connectivity index (χ1n) is 4.07. The topological polar surface area (TPSA) is 110 Å². The van der Waals surface area contributed by atoms with Crippen molar-refractivity contribution in [2.24, 2.45) is 0 Å². The van der Waals surface area contributed by atoms with Gasteiger partial charge in [-0.05, 0) is 35.6 Å². The maximum atomic E-state index is 8.89. The largest absolute Gasteiger partial charge is 0.550 e. The summed E-state index contributed by atoms with van der Waals surface area (Å²) in [5, 5.41) is 23.9. The highest BCUT2D eigenvalue weighted by Gasteiger charge is 2.18. The molecule has 0 saturated heterocycles. The van der Waals surface area contributed by atoms with Crippen molar-refractivity contribution in [3.63, 3.8) is 0 Å². The summed E-state index contributed by atoms with van der Waals surface area (Å²) in [5.74, 6) is -0.858. The summed E-state index contributed by atoms with van der Waals surface area (Å²) in [6.45, 7) is 0.972. The minimum atomic E-state index is -1.08. The lowest BCUT2D eigenvalue weighted by atomic mass is 10.4. The molecule has 0 unspecified atom stereocenters. The highest BCUT2D eigenvalue weighted by molar-refractivity contribution is 14.1. The number of fused-ring (bicyclic) bond motifs is 1. The molecule has 16 heavy (non-hydrogen) atoms. The van der Waals surface area contributed by atoms with Crippen LogP contribution >= 0.6 is 22.6 Å². The van der Waals surface area contributed by atoms with E-state index in [-0.39, 0.29) is 5.82 Å². The number of aromatic amines is 1. The predicted octanol–water partition coefficient (Wildman–Crippen LogP) is 0.803. The van der Waals surface area contributed by atoms with Crippen LogP contribution in [-0.4, -0.2) is 21.2 Å². The van der Waals surface area contributed by atoms with Crippen LogP contribution in [0.15, 0.2) is 12.3 Å². The summed E-state index contributed by atoms with van der Waals surface area (Å²) in [7, 11) is 0. The molecule has 2 rings (SSSR count). The Bertz CT molecular complexity index is 555. The number of aliphatic carboxylic acids is 1. The molecule has 0 atom stereocenters. The van der Waals surface area contributed by atoms with Gasteiger partial charge in [-0.3, -0.25) is 0 Å². The van der Waals surface area contributed by atoms with E-state index in [0.717, 1.165) is 16.0 Å². The number of carbonyl (C=O) groups is 1. The monoisotopic (exact) mass is 331 g/mol. The fourth-order valence-electron chi connectivity index (χ4n) is 0.946. The first-order valence-corrected chi connectivity index (χ1v) is 5.15.